The van der Waals surface area contributed by atoms with Crippen molar-refractivity contribution in [3.8, 4) is 11.5 Å². The molecule has 1 aliphatic carbocycles. The van der Waals surface area contributed by atoms with Crippen molar-refractivity contribution in [1.29, 1.82) is 0 Å². The van der Waals surface area contributed by atoms with E-state index in [0.717, 1.165) is 35.8 Å². The van der Waals surface area contributed by atoms with Gasteiger partial charge in [-0.15, -0.1) is 12.6 Å². The molecule has 4 rings (SSSR count). The van der Waals surface area contributed by atoms with Gasteiger partial charge in [0.2, 0.25) is 0 Å². The second kappa shape index (κ2) is 16.1. The summed E-state index contributed by atoms with van der Waals surface area (Å²) in [7, 11) is 3.77. The molecule has 1 unspecified atom stereocenters. The SMILES string of the molecule is CC.COc1ccc(/C2=C/NN(C)CCCC2C)cc1OCC1=CCCC=C1.Sc1ccccc1. The molecule has 190 valence electrons. The number of allylic oxidation sites excluding steroid dienone is 3. The number of nitrogens with one attached hydrogen (secondary N) is 1. The third-order valence-corrected chi connectivity index (χ3v) is 6.12. The van der Waals surface area contributed by atoms with Gasteiger partial charge in [0.25, 0.3) is 0 Å². The Labute approximate surface area is 218 Å². The molecule has 0 aromatic heterocycles. The van der Waals surface area contributed by atoms with Gasteiger partial charge in [0.1, 0.15) is 6.61 Å². The molecule has 4 nitrogen and oxygen atoms in total. The topological polar surface area (TPSA) is 33.7 Å². The highest BCUT2D eigenvalue weighted by atomic mass is 32.1. The largest absolute Gasteiger partial charge is 0.493 e. The van der Waals surface area contributed by atoms with Crippen LogP contribution in [0.2, 0.25) is 0 Å². The molecule has 2 aromatic rings. The van der Waals surface area contributed by atoms with Crippen molar-refractivity contribution in [1.82, 2.24) is 10.4 Å². The van der Waals surface area contributed by atoms with Crippen molar-refractivity contribution < 1.29 is 9.47 Å². The van der Waals surface area contributed by atoms with Gasteiger partial charge in [-0.3, -0.25) is 0 Å². The molecule has 1 atom stereocenters. The molecule has 0 radical (unpaired) electrons. The van der Waals surface area contributed by atoms with Gasteiger partial charge >= 0.3 is 0 Å². The first-order valence-corrected chi connectivity index (χ1v) is 13.1. The fourth-order valence-corrected chi connectivity index (χ4v) is 4.05. The normalized spacial score (nSPS) is 19.1. The second-order valence-corrected chi connectivity index (χ2v) is 8.96. The molecule has 1 aliphatic heterocycles. The van der Waals surface area contributed by atoms with Crippen LogP contribution in [-0.4, -0.2) is 32.3 Å². The summed E-state index contributed by atoms with van der Waals surface area (Å²) in [6.45, 7) is 7.93. The Morgan fingerprint density at radius 1 is 1.06 bits per heavy atom. The first-order chi connectivity index (χ1) is 17.1. The standard InChI is InChI=1S/C22H30N2O2.C6H6S.C2H6/c1-17-8-7-13-24(2)23-15-20(17)19-11-12-21(25-3)22(14-19)26-16-18-9-5-4-6-10-18;7-6-4-2-1-3-5-6;1-2/h5,9-12,14-15,17,23H,4,6-8,13,16H2,1-3H3;1-5,7H;1-2H3/b20-15+;;. The molecule has 0 spiro atoms. The maximum absolute atomic E-state index is 6.11. The maximum Gasteiger partial charge on any atom is 0.162 e. The van der Waals surface area contributed by atoms with Crippen LogP contribution in [0, 0.1) is 5.92 Å². The van der Waals surface area contributed by atoms with Gasteiger partial charge in [-0.2, -0.15) is 0 Å². The fraction of sp³-hybridized carbons (Fsp3) is 0.400. The Balaban J connectivity index is 0.000000407. The van der Waals surface area contributed by atoms with Crippen molar-refractivity contribution in [2.24, 2.45) is 5.92 Å². The fourth-order valence-electron chi connectivity index (χ4n) is 3.88. The highest BCUT2D eigenvalue weighted by molar-refractivity contribution is 7.80. The van der Waals surface area contributed by atoms with Gasteiger partial charge in [0.05, 0.1) is 7.11 Å². The lowest BCUT2D eigenvalue weighted by Gasteiger charge is -2.25. The highest BCUT2D eigenvalue weighted by Gasteiger charge is 2.17. The van der Waals surface area contributed by atoms with E-state index in [0.29, 0.717) is 12.5 Å². The molecule has 5 heteroatoms. The Bertz CT molecular complexity index is 970. The van der Waals surface area contributed by atoms with Crippen LogP contribution < -0.4 is 14.9 Å². The monoisotopic (exact) mass is 494 g/mol. The maximum atomic E-state index is 6.11. The zero-order valence-electron chi connectivity index (χ0n) is 22.0. The Hall–Kier alpha value is -2.63. The number of thiol groups is 1. The van der Waals surface area contributed by atoms with Gasteiger partial charge < -0.3 is 14.9 Å². The predicted octanol–water partition coefficient (Wildman–Crippen LogP) is 7.56. The Kier molecular flexibility index (Phi) is 13.2. The number of hydrogen-bond donors (Lipinski definition) is 2. The zero-order valence-corrected chi connectivity index (χ0v) is 22.9. The van der Waals surface area contributed by atoms with Crippen LogP contribution in [0.5, 0.6) is 11.5 Å². The summed E-state index contributed by atoms with van der Waals surface area (Å²) >= 11 is 4.08. The second-order valence-electron chi connectivity index (χ2n) is 8.44. The average Bonchev–Trinajstić information content (AvgIpc) is 2.89. The van der Waals surface area contributed by atoms with Crippen LogP contribution in [0.1, 0.15) is 52.0 Å². The summed E-state index contributed by atoms with van der Waals surface area (Å²) in [6.07, 6.45) is 13.3. The third-order valence-electron chi connectivity index (χ3n) is 5.82. The first kappa shape index (κ1) is 28.6. The van der Waals surface area contributed by atoms with Crippen LogP contribution in [0.25, 0.3) is 5.57 Å². The Morgan fingerprint density at radius 2 is 1.83 bits per heavy atom. The molecule has 2 aliphatic rings. The number of rotatable bonds is 5. The Morgan fingerprint density at radius 3 is 2.46 bits per heavy atom. The molecule has 2 aromatic carbocycles. The minimum Gasteiger partial charge on any atom is -0.493 e. The van der Waals surface area contributed by atoms with Gasteiger partial charge in [-0.1, -0.05) is 63.3 Å². The number of benzene rings is 2. The quantitative estimate of drug-likeness (QED) is 0.420. The number of hydrazine groups is 1. The van der Waals surface area contributed by atoms with Gasteiger partial charge in [-0.05, 0) is 72.6 Å². The van der Waals surface area contributed by atoms with Crippen molar-refractivity contribution in [3.63, 3.8) is 0 Å². The molecule has 0 fully saturated rings. The molecule has 0 amide bonds. The van der Waals surface area contributed by atoms with Crippen molar-refractivity contribution in [2.45, 2.75) is 51.3 Å². The molecular formula is C30H42N2O2S. The number of ether oxygens (including phenoxy) is 2. The predicted molar refractivity (Wildman–Crippen MR) is 152 cm³/mol. The molecule has 0 saturated carbocycles. The van der Waals surface area contributed by atoms with Crippen molar-refractivity contribution in [3.05, 3.63) is 84.1 Å². The zero-order chi connectivity index (χ0) is 25.5. The van der Waals surface area contributed by atoms with E-state index in [2.05, 4.69) is 73.6 Å². The molecule has 35 heavy (non-hydrogen) atoms. The third kappa shape index (κ3) is 9.87. The minimum atomic E-state index is 0.501. The molecule has 0 saturated heterocycles. The lowest BCUT2D eigenvalue weighted by molar-refractivity contribution is 0.261. The van der Waals surface area contributed by atoms with E-state index in [9.17, 15) is 0 Å². The van der Waals surface area contributed by atoms with E-state index >= 15 is 0 Å². The van der Waals surface area contributed by atoms with E-state index in [1.165, 1.54) is 29.6 Å². The van der Waals surface area contributed by atoms with Crippen LogP contribution in [0.3, 0.4) is 0 Å². The molecule has 0 bridgehead atoms. The summed E-state index contributed by atoms with van der Waals surface area (Å²) < 4.78 is 11.6. The minimum absolute atomic E-state index is 0.501. The molecule has 1 N–H and O–H groups in total. The van der Waals surface area contributed by atoms with E-state index in [1.807, 2.05) is 50.2 Å². The summed E-state index contributed by atoms with van der Waals surface area (Å²) in [6, 6.07) is 16.0. The highest BCUT2D eigenvalue weighted by Crippen LogP contribution is 2.35. The van der Waals surface area contributed by atoms with E-state index in [4.69, 9.17) is 9.47 Å². The summed E-state index contributed by atoms with van der Waals surface area (Å²) in [5.74, 6) is 2.08. The lowest BCUT2D eigenvalue weighted by atomic mass is 9.90. The average molecular weight is 495 g/mol. The van der Waals surface area contributed by atoms with Crippen LogP contribution in [0.4, 0.5) is 0 Å². The lowest BCUT2D eigenvalue weighted by Crippen LogP contribution is -2.33. The van der Waals surface area contributed by atoms with Crippen LogP contribution >= 0.6 is 12.6 Å². The van der Waals surface area contributed by atoms with E-state index < -0.39 is 0 Å². The van der Waals surface area contributed by atoms with Gasteiger partial charge in [0.15, 0.2) is 11.5 Å². The van der Waals surface area contributed by atoms with Crippen molar-refractivity contribution >= 4 is 18.2 Å². The molecular weight excluding hydrogens is 452 g/mol. The molecule has 1 heterocycles. The number of nitrogens with zero attached hydrogens (tertiary/aromatic N) is 1. The van der Waals surface area contributed by atoms with Crippen LogP contribution in [0.15, 0.2) is 83.4 Å². The summed E-state index contributed by atoms with van der Waals surface area (Å²) in [5, 5.41) is 2.13. The number of hydrogen-bond acceptors (Lipinski definition) is 5. The summed E-state index contributed by atoms with van der Waals surface area (Å²) in [5.41, 5.74) is 7.09. The van der Waals surface area contributed by atoms with Gasteiger partial charge in [0, 0.05) is 24.7 Å². The first-order valence-electron chi connectivity index (χ1n) is 12.6. The van der Waals surface area contributed by atoms with Crippen molar-refractivity contribution in [2.75, 3.05) is 27.3 Å². The van der Waals surface area contributed by atoms with Gasteiger partial charge in [-0.25, -0.2) is 5.01 Å². The summed E-state index contributed by atoms with van der Waals surface area (Å²) in [4.78, 5) is 1.02. The van der Waals surface area contributed by atoms with Crippen LogP contribution in [-0.2, 0) is 0 Å². The number of methoxy groups -OCH3 is 1. The van der Waals surface area contributed by atoms with E-state index in [1.54, 1.807) is 7.11 Å². The van der Waals surface area contributed by atoms with E-state index in [-0.39, 0.29) is 0 Å². The smallest absolute Gasteiger partial charge is 0.162 e.